The fraction of sp³-hybridized carbons (Fsp3) is 0.400. The molecule has 2 rings (SSSR count). The number of benzene rings is 1. The van der Waals surface area contributed by atoms with Gasteiger partial charge in [-0.1, -0.05) is 12.1 Å². The van der Waals surface area contributed by atoms with Gasteiger partial charge in [0.2, 0.25) is 0 Å². The number of aromatic hydroxyl groups is 1. The molecule has 1 heterocycles. The highest BCUT2D eigenvalue weighted by molar-refractivity contribution is 6.00. The first-order valence-electron chi connectivity index (χ1n) is 7.36. The zero-order chi connectivity index (χ0) is 16.8. The molecule has 1 atom stereocenters. The number of carbonyl (C=O) groups is 3. The molecule has 8 heteroatoms. The lowest BCUT2D eigenvalue weighted by atomic mass is 10.1. The largest absolute Gasteiger partial charge is 0.507 e. The monoisotopic (exact) mass is 321 g/mol. The van der Waals surface area contributed by atoms with E-state index in [1.807, 2.05) is 0 Å². The molecule has 1 aromatic rings. The predicted octanol–water partition coefficient (Wildman–Crippen LogP) is 0.774. The Morgan fingerprint density at radius 1 is 1.30 bits per heavy atom. The number of carbonyl (C=O) groups excluding carboxylic acids is 3. The van der Waals surface area contributed by atoms with E-state index in [2.05, 4.69) is 15.6 Å². The van der Waals surface area contributed by atoms with Gasteiger partial charge < -0.3 is 14.7 Å². The summed E-state index contributed by atoms with van der Waals surface area (Å²) in [5.41, 5.74) is 4.51. The highest BCUT2D eigenvalue weighted by Crippen LogP contribution is 2.24. The molecule has 1 aliphatic heterocycles. The maximum atomic E-state index is 12.5. The van der Waals surface area contributed by atoms with E-state index in [9.17, 15) is 19.5 Å². The lowest BCUT2D eigenvalue weighted by Crippen LogP contribution is -2.51. The Balaban J connectivity index is 2.02. The number of rotatable bonds is 3. The highest BCUT2D eigenvalue weighted by atomic mass is 16.6. The molecule has 0 bridgehead atoms. The standard InChI is InChI=1S/C15H19N3O5/c1-2-23-15(22)17-16-13(20)11-7-5-9-18(11)14(21)10-6-3-4-8-12(10)19/h3-4,6,8,11,19H,2,5,7,9H2,1H3,(H,16,20)(H,17,22)/t11-/m1/s1. The molecule has 0 spiro atoms. The molecule has 0 aliphatic carbocycles. The molecule has 23 heavy (non-hydrogen) atoms. The van der Waals surface area contributed by atoms with E-state index in [-0.39, 0.29) is 17.9 Å². The molecule has 1 saturated heterocycles. The lowest BCUT2D eigenvalue weighted by Gasteiger charge is -2.24. The van der Waals surface area contributed by atoms with Crippen LogP contribution in [0.1, 0.15) is 30.1 Å². The summed E-state index contributed by atoms with van der Waals surface area (Å²) < 4.78 is 4.64. The van der Waals surface area contributed by atoms with Crippen molar-refractivity contribution in [2.45, 2.75) is 25.8 Å². The van der Waals surface area contributed by atoms with Crippen molar-refractivity contribution in [3.63, 3.8) is 0 Å². The van der Waals surface area contributed by atoms with Crippen LogP contribution in [-0.2, 0) is 9.53 Å². The van der Waals surface area contributed by atoms with Crippen LogP contribution in [-0.4, -0.2) is 47.1 Å². The Bertz CT molecular complexity index is 605. The van der Waals surface area contributed by atoms with Gasteiger partial charge in [-0.15, -0.1) is 0 Å². The first kappa shape index (κ1) is 16.6. The van der Waals surface area contributed by atoms with Crippen molar-refractivity contribution in [2.75, 3.05) is 13.2 Å². The van der Waals surface area contributed by atoms with Gasteiger partial charge in [0.1, 0.15) is 11.8 Å². The second kappa shape index (κ2) is 7.48. The Morgan fingerprint density at radius 2 is 2.04 bits per heavy atom. The summed E-state index contributed by atoms with van der Waals surface area (Å²) in [5, 5.41) is 9.78. The molecule has 0 radical (unpaired) electrons. The van der Waals surface area contributed by atoms with Gasteiger partial charge in [-0.05, 0) is 31.9 Å². The van der Waals surface area contributed by atoms with Crippen LogP contribution in [0, 0.1) is 0 Å². The van der Waals surface area contributed by atoms with Crippen LogP contribution in [0.2, 0.25) is 0 Å². The quantitative estimate of drug-likeness (QED) is 0.713. The van der Waals surface area contributed by atoms with Crippen LogP contribution in [0.15, 0.2) is 24.3 Å². The summed E-state index contributed by atoms with van der Waals surface area (Å²) >= 11 is 0. The Hall–Kier alpha value is -2.77. The SMILES string of the molecule is CCOC(=O)NNC(=O)[C@H]1CCCN1C(=O)c1ccccc1O. The van der Waals surface area contributed by atoms with Crippen molar-refractivity contribution in [3.05, 3.63) is 29.8 Å². The first-order chi connectivity index (χ1) is 11.0. The fourth-order valence-electron chi connectivity index (χ4n) is 2.45. The summed E-state index contributed by atoms with van der Waals surface area (Å²) in [6.07, 6.45) is 0.379. The van der Waals surface area contributed by atoms with E-state index < -0.39 is 23.9 Å². The third-order valence-corrected chi connectivity index (χ3v) is 3.51. The number of ether oxygens (including phenoxy) is 1. The number of para-hydroxylation sites is 1. The average molecular weight is 321 g/mol. The number of hydrogen-bond donors (Lipinski definition) is 3. The van der Waals surface area contributed by atoms with E-state index in [0.29, 0.717) is 19.4 Å². The molecule has 1 aromatic carbocycles. The first-order valence-corrected chi connectivity index (χ1v) is 7.36. The smallest absolute Gasteiger partial charge is 0.426 e. The van der Waals surface area contributed by atoms with Gasteiger partial charge in [0, 0.05) is 6.54 Å². The van der Waals surface area contributed by atoms with Crippen LogP contribution < -0.4 is 10.9 Å². The van der Waals surface area contributed by atoms with Crippen molar-refractivity contribution < 1.29 is 24.2 Å². The Kier molecular flexibility index (Phi) is 5.40. The van der Waals surface area contributed by atoms with Crippen molar-refractivity contribution in [3.8, 4) is 5.75 Å². The maximum absolute atomic E-state index is 12.5. The van der Waals surface area contributed by atoms with Gasteiger partial charge in [0.05, 0.1) is 12.2 Å². The molecule has 0 aromatic heterocycles. The van der Waals surface area contributed by atoms with Crippen LogP contribution in [0.5, 0.6) is 5.75 Å². The van der Waals surface area contributed by atoms with Gasteiger partial charge in [-0.3, -0.25) is 15.0 Å². The van der Waals surface area contributed by atoms with Crippen LogP contribution in [0.4, 0.5) is 4.79 Å². The molecule has 1 fully saturated rings. The minimum absolute atomic E-state index is 0.131. The predicted molar refractivity (Wildman–Crippen MR) is 80.5 cm³/mol. The Morgan fingerprint density at radius 3 is 2.74 bits per heavy atom. The minimum Gasteiger partial charge on any atom is -0.507 e. The molecule has 3 N–H and O–H groups in total. The van der Waals surface area contributed by atoms with E-state index in [1.54, 1.807) is 19.1 Å². The molecule has 3 amide bonds. The van der Waals surface area contributed by atoms with Crippen LogP contribution in [0.3, 0.4) is 0 Å². The maximum Gasteiger partial charge on any atom is 0.426 e. The number of hydrazine groups is 1. The summed E-state index contributed by atoms with van der Waals surface area (Å²) in [5.74, 6) is -1.05. The average Bonchev–Trinajstić information content (AvgIpc) is 3.02. The number of hydrogen-bond acceptors (Lipinski definition) is 5. The number of phenols is 1. The summed E-state index contributed by atoms with van der Waals surface area (Å²) in [4.78, 5) is 37.2. The molecule has 8 nitrogen and oxygen atoms in total. The third kappa shape index (κ3) is 3.91. The van der Waals surface area contributed by atoms with Crippen molar-refractivity contribution in [1.29, 1.82) is 0 Å². The lowest BCUT2D eigenvalue weighted by molar-refractivity contribution is -0.125. The number of phenolic OH excluding ortho intramolecular Hbond substituents is 1. The van der Waals surface area contributed by atoms with Gasteiger partial charge >= 0.3 is 6.09 Å². The van der Waals surface area contributed by atoms with Gasteiger partial charge in [0.15, 0.2) is 0 Å². The van der Waals surface area contributed by atoms with E-state index >= 15 is 0 Å². The van der Waals surface area contributed by atoms with E-state index in [4.69, 9.17) is 0 Å². The fourth-order valence-corrected chi connectivity index (χ4v) is 2.45. The normalized spacial score (nSPS) is 16.7. The van der Waals surface area contributed by atoms with Gasteiger partial charge in [-0.25, -0.2) is 10.2 Å². The molecule has 1 aliphatic rings. The molecule has 0 saturated carbocycles. The molecular formula is C15H19N3O5. The minimum atomic E-state index is -0.766. The van der Waals surface area contributed by atoms with Crippen molar-refractivity contribution in [1.82, 2.24) is 15.8 Å². The van der Waals surface area contributed by atoms with Crippen LogP contribution >= 0.6 is 0 Å². The number of nitrogens with zero attached hydrogens (tertiary/aromatic N) is 1. The third-order valence-electron chi connectivity index (χ3n) is 3.51. The molecular weight excluding hydrogens is 302 g/mol. The number of nitrogens with one attached hydrogen (secondary N) is 2. The van der Waals surface area contributed by atoms with E-state index in [0.717, 1.165) is 0 Å². The summed E-state index contributed by atoms with van der Waals surface area (Å²) in [7, 11) is 0. The second-order valence-electron chi connectivity index (χ2n) is 5.01. The van der Waals surface area contributed by atoms with E-state index in [1.165, 1.54) is 17.0 Å². The van der Waals surface area contributed by atoms with Gasteiger partial charge in [-0.2, -0.15) is 0 Å². The molecule has 0 unspecified atom stereocenters. The van der Waals surface area contributed by atoms with Crippen molar-refractivity contribution >= 4 is 17.9 Å². The van der Waals surface area contributed by atoms with Crippen LogP contribution in [0.25, 0.3) is 0 Å². The summed E-state index contributed by atoms with van der Waals surface area (Å²) in [6.45, 7) is 2.23. The van der Waals surface area contributed by atoms with Crippen molar-refractivity contribution in [2.24, 2.45) is 0 Å². The second-order valence-corrected chi connectivity index (χ2v) is 5.01. The topological polar surface area (TPSA) is 108 Å². The number of likely N-dealkylation sites (tertiary alicyclic amines) is 1. The zero-order valence-corrected chi connectivity index (χ0v) is 12.7. The number of amides is 3. The molecule has 124 valence electrons. The Labute approximate surface area is 133 Å². The zero-order valence-electron chi connectivity index (χ0n) is 12.7. The van der Waals surface area contributed by atoms with Gasteiger partial charge in [0.25, 0.3) is 11.8 Å². The highest BCUT2D eigenvalue weighted by Gasteiger charge is 2.35. The summed E-state index contributed by atoms with van der Waals surface area (Å²) in [6, 6.07) is 5.47.